The van der Waals surface area contributed by atoms with Crippen LogP contribution < -0.4 is 15.4 Å². The van der Waals surface area contributed by atoms with Gasteiger partial charge in [0, 0.05) is 30.4 Å². The van der Waals surface area contributed by atoms with Crippen molar-refractivity contribution in [3.8, 4) is 5.75 Å². The molecule has 0 unspecified atom stereocenters. The quantitative estimate of drug-likeness (QED) is 0.642. The third kappa shape index (κ3) is 5.31. The summed E-state index contributed by atoms with van der Waals surface area (Å²) in [7, 11) is 1.65. The van der Waals surface area contributed by atoms with Gasteiger partial charge in [-0.15, -0.1) is 0 Å². The van der Waals surface area contributed by atoms with E-state index in [4.69, 9.17) is 4.74 Å². The standard InChI is InChI=1S/C22H23N3O2/c1-27-20-10-6-5-9-19(20)16-25-21-15-18(12-14-23-21)22(26)24-13-11-17-7-3-2-4-8-17/h2-10,12,14-15H,11,13,16H2,1H3,(H,23,25)(H,24,26). The first-order valence-corrected chi connectivity index (χ1v) is 8.90. The minimum Gasteiger partial charge on any atom is -0.496 e. The van der Waals surface area contributed by atoms with E-state index in [9.17, 15) is 4.79 Å². The topological polar surface area (TPSA) is 63.2 Å². The number of hydrogen-bond donors (Lipinski definition) is 2. The molecule has 1 amide bonds. The number of hydrogen-bond acceptors (Lipinski definition) is 4. The lowest BCUT2D eigenvalue weighted by atomic mass is 10.1. The molecule has 0 radical (unpaired) electrons. The van der Waals surface area contributed by atoms with Gasteiger partial charge < -0.3 is 15.4 Å². The third-order valence-corrected chi connectivity index (χ3v) is 4.22. The summed E-state index contributed by atoms with van der Waals surface area (Å²) in [6, 6.07) is 21.4. The van der Waals surface area contributed by atoms with E-state index in [1.165, 1.54) is 5.56 Å². The van der Waals surface area contributed by atoms with Crippen molar-refractivity contribution >= 4 is 11.7 Å². The maximum Gasteiger partial charge on any atom is 0.251 e. The summed E-state index contributed by atoms with van der Waals surface area (Å²) in [6.07, 6.45) is 2.44. The Morgan fingerprint density at radius 2 is 1.81 bits per heavy atom. The number of nitrogens with one attached hydrogen (secondary N) is 2. The summed E-state index contributed by atoms with van der Waals surface area (Å²) in [6.45, 7) is 1.16. The number of benzene rings is 2. The maximum absolute atomic E-state index is 12.4. The van der Waals surface area contributed by atoms with Crippen LogP contribution in [0.25, 0.3) is 0 Å². The number of amides is 1. The van der Waals surface area contributed by atoms with Gasteiger partial charge in [-0.3, -0.25) is 4.79 Å². The van der Waals surface area contributed by atoms with Crippen molar-refractivity contribution in [2.45, 2.75) is 13.0 Å². The molecule has 0 aliphatic carbocycles. The fourth-order valence-electron chi connectivity index (χ4n) is 2.77. The molecule has 1 heterocycles. The summed E-state index contributed by atoms with van der Waals surface area (Å²) in [5, 5.41) is 6.19. The Balaban J connectivity index is 1.55. The van der Waals surface area contributed by atoms with E-state index in [2.05, 4.69) is 27.8 Å². The first-order valence-electron chi connectivity index (χ1n) is 8.90. The summed E-state index contributed by atoms with van der Waals surface area (Å²) in [5.74, 6) is 1.37. The second kappa shape index (κ2) is 9.38. The molecule has 27 heavy (non-hydrogen) atoms. The zero-order chi connectivity index (χ0) is 18.9. The van der Waals surface area contributed by atoms with Crippen LogP contribution in [0.15, 0.2) is 72.9 Å². The SMILES string of the molecule is COc1ccccc1CNc1cc(C(=O)NCCc2ccccc2)ccn1. The number of para-hydroxylation sites is 1. The smallest absolute Gasteiger partial charge is 0.251 e. The first kappa shape index (κ1) is 18.5. The fourth-order valence-corrected chi connectivity index (χ4v) is 2.77. The molecule has 3 rings (SSSR count). The van der Waals surface area contributed by atoms with E-state index in [1.807, 2.05) is 42.5 Å². The van der Waals surface area contributed by atoms with Crippen molar-refractivity contribution in [3.05, 3.63) is 89.6 Å². The highest BCUT2D eigenvalue weighted by Crippen LogP contribution is 2.18. The van der Waals surface area contributed by atoms with Crippen LogP contribution in [0.1, 0.15) is 21.5 Å². The van der Waals surface area contributed by atoms with Crippen LogP contribution in [-0.4, -0.2) is 24.5 Å². The minimum absolute atomic E-state index is 0.103. The third-order valence-electron chi connectivity index (χ3n) is 4.22. The lowest BCUT2D eigenvalue weighted by Crippen LogP contribution is -2.25. The maximum atomic E-state index is 12.4. The highest BCUT2D eigenvalue weighted by molar-refractivity contribution is 5.94. The van der Waals surface area contributed by atoms with Gasteiger partial charge in [0.05, 0.1) is 7.11 Å². The van der Waals surface area contributed by atoms with Crippen molar-refractivity contribution in [2.75, 3.05) is 19.0 Å². The highest BCUT2D eigenvalue weighted by atomic mass is 16.5. The minimum atomic E-state index is -0.103. The van der Waals surface area contributed by atoms with Crippen LogP contribution in [0.5, 0.6) is 5.75 Å². The van der Waals surface area contributed by atoms with Gasteiger partial charge in [0.1, 0.15) is 11.6 Å². The second-order valence-corrected chi connectivity index (χ2v) is 6.09. The van der Waals surface area contributed by atoms with Gasteiger partial charge in [0.2, 0.25) is 0 Å². The predicted octanol–water partition coefficient (Wildman–Crippen LogP) is 3.67. The molecule has 3 aromatic rings. The Labute approximate surface area is 159 Å². The summed E-state index contributed by atoms with van der Waals surface area (Å²) in [5.41, 5.74) is 2.81. The molecule has 0 bridgehead atoms. The molecule has 5 nitrogen and oxygen atoms in total. The van der Waals surface area contributed by atoms with Crippen molar-refractivity contribution in [3.63, 3.8) is 0 Å². The van der Waals surface area contributed by atoms with Gasteiger partial charge in [0.25, 0.3) is 5.91 Å². The average molecular weight is 361 g/mol. The monoisotopic (exact) mass is 361 g/mol. The number of pyridine rings is 1. The van der Waals surface area contributed by atoms with Gasteiger partial charge in [-0.25, -0.2) is 4.98 Å². The van der Waals surface area contributed by atoms with Gasteiger partial charge in [0.15, 0.2) is 0 Å². The fraction of sp³-hybridized carbons (Fsp3) is 0.182. The van der Waals surface area contributed by atoms with Gasteiger partial charge >= 0.3 is 0 Å². The normalized spacial score (nSPS) is 10.3. The van der Waals surface area contributed by atoms with E-state index in [0.717, 1.165) is 17.7 Å². The van der Waals surface area contributed by atoms with Crippen LogP contribution in [0.3, 0.4) is 0 Å². The number of anilines is 1. The summed E-state index contributed by atoms with van der Waals surface area (Å²) < 4.78 is 5.35. The average Bonchev–Trinajstić information content (AvgIpc) is 2.73. The van der Waals surface area contributed by atoms with Gasteiger partial charge in [-0.2, -0.15) is 0 Å². The molecule has 0 saturated carbocycles. The van der Waals surface area contributed by atoms with E-state index in [1.54, 1.807) is 25.4 Å². The zero-order valence-corrected chi connectivity index (χ0v) is 15.3. The molecular formula is C22H23N3O2. The molecule has 0 saturated heterocycles. The number of ether oxygens (including phenoxy) is 1. The molecule has 0 atom stereocenters. The Morgan fingerprint density at radius 1 is 1.04 bits per heavy atom. The molecule has 5 heteroatoms. The van der Waals surface area contributed by atoms with Crippen molar-refractivity contribution in [1.29, 1.82) is 0 Å². The van der Waals surface area contributed by atoms with Gasteiger partial charge in [-0.1, -0.05) is 48.5 Å². The highest BCUT2D eigenvalue weighted by Gasteiger charge is 2.07. The Bertz CT molecular complexity index is 881. The number of aromatic nitrogens is 1. The zero-order valence-electron chi connectivity index (χ0n) is 15.3. The van der Waals surface area contributed by atoms with E-state index in [0.29, 0.717) is 24.5 Å². The molecule has 0 aliphatic heterocycles. The van der Waals surface area contributed by atoms with E-state index in [-0.39, 0.29) is 5.91 Å². The van der Waals surface area contributed by atoms with Crippen molar-refractivity contribution in [2.24, 2.45) is 0 Å². The number of rotatable bonds is 8. The Morgan fingerprint density at radius 3 is 2.63 bits per heavy atom. The predicted molar refractivity (Wildman–Crippen MR) is 107 cm³/mol. The number of carbonyl (C=O) groups excluding carboxylic acids is 1. The Hall–Kier alpha value is -3.34. The van der Waals surface area contributed by atoms with Crippen LogP contribution >= 0.6 is 0 Å². The molecule has 1 aromatic heterocycles. The van der Waals surface area contributed by atoms with E-state index < -0.39 is 0 Å². The Kier molecular flexibility index (Phi) is 6.41. The van der Waals surface area contributed by atoms with Gasteiger partial charge in [-0.05, 0) is 30.2 Å². The van der Waals surface area contributed by atoms with Crippen LogP contribution in [-0.2, 0) is 13.0 Å². The molecule has 0 fully saturated rings. The van der Waals surface area contributed by atoms with Crippen LogP contribution in [0.4, 0.5) is 5.82 Å². The molecule has 138 valence electrons. The molecular weight excluding hydrogens is 338 g/mol. The first-order chi connectivity index (χ1) is 13.3. The molecule has 0 spiro atoms. The van der Waals surface area contributed by atoms with Crippen molar-refractivity contribution in [1.82, 2.24) is 10.3 Å². The summed E-state index contributed by atoms with van der Waals surface area (Å²) >= 11 is 0. The second-order valence-electron chi connectivity index (χ2n) is 6.09. The summed E-state index contributed by atoms with van der Waals surface area (Å²) in [4.78, 5) is 16.7. The molecule has 0 aliphatic rings. The molecule has 2 N–H and O–H groups in total. The van der Waals surface area contributed by atoms with Crippen LogP contribution in [0, 0.1) is 0 Å². The van der Waals surface area contributed by atoms with Crippen molar-refractivity contribution < 1.29 is 9.53 Å². The number of carbonyl (C=O) groups is 1. The number of methoxy groups -OCH3 is 1. The lowest BCUT2D eigenvalue weighted by Gasteiger charge is -2.11. The lowest BCUT2D eigenvalue weighted by molar-refractivity contribution is 0.0954. The van der Waals surface area contributed by atoms with E-state index >= 15 is 0 Å². The largest absolute Gasteiger partial charge is 0.496 e. The number of nitrogens with zero attached hydrogens (tertiary/aromatic N) is 1. The van der Waals surface area contributed by atoms with Crippen LogP contribution in [0.2, 0.25) is 0 Å². The molecule has 2 aromatic carbocycles.